The number of sulfonamides is 1. The van der Waals surface area contributed by atoms with Gasteiger partial charge in [0, 0.05) is 26.2 Å². The molecule has 0 spiro atoms. The van der Waals surface area contributed by atoms with Crippen molar-refractivity contribution in [2.45, 2.75) is 18.2 Å². The van der Waals surface area contributed by atoms with E-state index in [1.54, 1.807) is 35.2 Å². The maximum Gasteiger partial charge on any atom is 0.287 e. The molecule has 1 aromatic carbocycles. The molecule has 1 aliphatic heterocycles. The third-order valence-electron chi connectivity index (χ3n) is 4.66. The van der Waals surface area contributed by atoms with Crippen LogP contribution in [0.15, 0.2) is 50.4 Å². The molecular formula is C19H22BrN3O5S. The molecule has 0 saturated carbocycles. The maximum absolute atomic E-state index is 12.9. The summed E-state index contributed by atoms with van der Waals surface area (Å²) in [5.74, 6) is -0.642. The molecule has 2 heterocycles. The molecule has 2 aromatic rings. The van der Waals surface area contributed by atoms with Crippen LogP contribution in [-0.4, -0.2) is 62.2 Å². The zero-order valence-corrected chi connectivity index (χ0v) is 18.3. The molecule has 2 amide bonds. The van der Waals surface area contributed by atoms with Gasteiger partial charge >= 0.3 is 0 Å². The fraction of sp³-hybridized carbons (Fsp3) is 0.368. The summed E-state index contributed by atoms with van der Waals surface area (Å²) in [5, 5.41) is 2.53. The van der Waals surface area contributed by atoms with Gasteiger partial charge in [0.2, 0.25) is 15.9 Å². The number of halogens is 1. The number of carbonyl (C=O) groups is 2. The number of aryl methyl sites for hydroxylation is 1. The van der Waals surface area contributed by atoms with Gasteiger partial charge in [-0.15, -0.1) is 0 Å². The van der Waals surface area contributed by atoms with Crippen LogP contribution in [0.1, 0.15) is 22.5 Å². The van der Waals surface area contributed by atoms with E-state index in [0.717, 1.165) is 5.56 Å². The lowest BCUT2D eigenvalue weighted by molar-refractivity contribution is -0.129. The highest BCUT2D eigenvalue weighted by Gasteiger charge is 2.28. The molecule has 1 saturated heterocycles. The third-order valence-corrected chi connectivity index (χ3v) is 7.00. The van der Waals surface area contributed by atoms with E-state index in [4.69, 9.17) is 4.42 Å². The van der Waals surface area contributed by atoms with Crippen molar-refractivity contribution in [2.75, 3.05) is 32.7 Å². The van der Waals surface area contributed by atoms with Crippen molar-refractivity contribution < 1.29 is 22.4 Å². The molecule has 3 rings (SSSR count). The van der Waals surface area contributed by atoms with Gasteiger partial charge in [-0.2, -0.15) is 4.31 Å². The molecule has 10 heteroatoms. The molecule has 0 unspecified atom stereocenters. The number of carbonyl (C=O) groups excluding carboxylic acids is 2. The standard InChI is InChI=1S/C19H22BrN3O5S/c1-14-3-5-15(6-4-14)29(26,27)23-10-2-9-22(11-12-23)18(24)13-21-19(25)16-7-8-17(20)28-16/h3-8H,2,9-13H2,1H3,(H,21,25). The van der Waals surface area contributed by atoms with Gasteiger partial charge in [-0.05, 0) is 53.5 Å². The highest BCUT2D eigenvalue weighted by molar-refractivity contribution is 9.10. The summed E-state index contributed by atoms with van der Waals surface area (Å²) in [6.07, 6.45) is 0.524. The van der Waals surface area contributed by atoms with E-state index >= 15 is 0 Å². The lowest BCUT2D eigenvalue weighted by atomic mass is 10.2. The molecule has 0 aliphatic carbocycles. The van der Waals surface area contributed by atoms with Gasteiger partial charge in [-0.1, -0.05) is 17.7 Å². The van der Waals surface area contributed by atoms with E-state index in [1.807, 2.05) is 6.92 Å². The zero-order valence-electron chi connectivity index (χ0n) is 15.9. The second-order valence-corrected chi connectivity index (χ2v) is 9.46. The first kappa shape index (κ1) is 21.5. The van der Waals surface area contributed by atoms with E-state index in [0.29, 0.717) is 24.2 Å². The minimum absolute atomic E-state index is 0.107. The lowest BCUT2D eigenvalue weighted by Gasteiger charge is -2.22. The number of nitrogens with one attached hydrogen (secondary N) is 1. The molecule has 156 valence electrons. The van der Waals surface area contributed by atoms with Crippen molar-refractivity contribution >= 4 is 37.8 Å². The van der Waals surface area contributed by atoms with Crippen LogP contribution in [0.5, 0.6) is 0 Å². The summed E-state index contributed by atoms with van der Waals surface area (Å²) in [6, 6.07) is 9.82. The Kier molecular flexibility index (Phi) is 6.76. The Morgan fingerprint density at radius 2 is 1.79 bits per heavy atom. The summed E-state index contributed by atoms with van der Waals surface area (Å²) in [7, 11) is -3.60. The van der Waals surface area contributed by atoms with E-state index < -0.39 is 15.9 Å². The average Bonchev–Trinajstić information content (AvgIpc) is 2.97. The summed E-state index contributed by atoms with van der Waals surface area (Å²) in [5.41, 5.74) is 0.987. The van der Waals surface area contributed by atoms with Crippen LogP contribution in [0, 0.1) is 6.92 Å². The summed E-state index contributed by atoms with van der Waals surface area (Å²) in [4.78, 5) is 26.3. The van der Waals surface area contributed by atoms with Gasteiger partial charge in [0.1, 0.15) is 0 Å². The van der Waals surface area contributed by atoms with E-state index in [2.05, 4.69) is 21.2 Å². The number of hydrogen-bond acceptors (Lipinski definition) is 5. The molecule has 1 aromatic heterocycles. The van der Waals surface area contributed by atoms with Crippen molar-refractivity contribution in [3.8, 4) is 0 Å². The van der Waals surface area contributed by atoms with Gasteiger partial charge in [-0.25, -0.2) is 8.42 Å². The molecule has 0 atom stereocenters. The first-order valence-corrected chi connectivity index (χ1v) is 11.4. The molecule has 29 heavy (non-hydrogen) atoms. The predicted octanol–water partition coefficient (Wildman–Crippen LogP) is 2.00. The number of amides is 2. The van der Waals surface area contributed by atoms with Crippen molar-refractivity contribution in [1.29, 1.82) is 0 Å². The third kappa shape index (κ3) is 5.26. The molecule has 8 nitrogen and oxygen atoms in total. The molecule has 1 N–H and O–H groups in total. The Morgan fingerprint density at radius 1 is 1.07 bits per heavy atom. The molecule has 1 aliphatic rings. The Balaban J connectivity index is 1.57. The molecule has 1 fully saturated rings. The van der Waals surface area contributed by atoms with Crippen LogP contribution in [0.2, 0.25) is 0 Å². The van der Waals surface area contributed by atoms with Crippen LogP contribution >= 0.6 is 15.9 Å². The summed E-state index contributed by atoms with van der Waals surface area (Å²) in [6.45, 7) is 2.97. The fourth-order valence-corrected chi connectivity index (χ4v) is 4.81. The highest BCUT2D eigenvalue weighted by atomic mass is 79.9. The minimum Gasteiger partial charge on any atom is -0.444 e. The summed E-state index contributed by atoms with van der Waals surface area (Å²) >= 11 is 3.12. The lowest BCUT2D eigenvalue weighted by Crippen LogP contribution is -2.42. The fourth-order valence-electron chi connectivity index (χ4n) is 3.03. The Hall–Kier alpha value is -2.17. The van der Waals surface area contributed by atoms with Crippen molar-refractivity contribution in [3.63, 3.8) is 0 Å². The first-order chi connectivity index (χ1) is 13.8. The van der Waals surface area contributed by atoms with Crippen molar-refractivity contribution in [2.24, 2.45) is 0 Å². The Bertz CT molecular complexity index is 988. The highest BCUT2D eigenvalue weighted by Crippen LogP contribution is 2.18. The number of hydrogen-bond donors (Lipinski definition) is 1. The van der Waals surface area contributed by atoms with Crippen LogP contribution in [-0.2, 0) is 14.8 Å². The largest absolute Gasteiger partial charge is 0.444 e. The minimum atomic E-state index is -3.60. The number of furan rings is 1. The predicted molar refractivity (Wildman–Crippen MR) is 110 cm³/mol. The normalized spacial score (nSPS) is 15.7. The molecular weight excluding hydrogens is 462 g/mol. The molecule has 0 radical (unpaired) electrons. The van der Waals surface area contributed by atoms with Crippen LogP contribution < -0.4 is 5.32 Å². The van der Waals surface area contributed by atoms with Gasteiger partial charge in [0.05, 0.1) is 11.4 Å². The van der Waals surface area contributed by atoms with Gasteiger partial charge in [0.15, 0.2) is 10.4 Å². The van der Waals surface area contributed by atoms with E-state index in [-0.39, 0.29) is 36.2 Å². The molecule has 0 bridgehead atoms. The SMILES string of the molecule is Cc1ccc(S(=O)(=O)N2CCCN(C(=O)CNC(=O)c3ccc(Br)o3)CC2)cc1. The average molecular weight is 484 g/mol. The van der Waals surface area contributed by atoms with Crippen LogP contribution in [0.3, 0.4) is 0 Å². The van der Waals surface area contributed by atoms with Crippen LogP contribution in [0.4, 0.5) is 0 Å². The maximum atomic E-state index is 12.9. The van der Waals surface area contributed by atoms with Crippen molar-refractivity contribution in [1.82, 2.24) is 14.5 Å². The second-order valence-electron chi connectivity index (χ2n) is 6.74. The zero-order chi connectivity index (χ0) is 21.0. The number of rotatable bonds is 5. The smallest absolute Gasteiger partial charge is 0.287 e. The number of nitrogens with zero attached hydrogens (tertiary/aromatic N) is 2. The second kappa shape index (κ2) is 9.10. The number of benzene rings is 1. The van der Waals surface area contributed by atoms with Gasteiger partial charge in [-0.3, -0.25) is 9.59 Å². The summed E-state index contributed by atoms with van der Waals surface area (Å²) < 4.78 is 32.7. The Morgan fingerprint density at radius 3 is 2.45 bits per heavy atom. The van der Waals surface area contributed by atoms with E-state index in [1.165, 1.54) is 10.4 Å². The van der Waals surface area contributed by atoms with Crippen molar-refractivity contribution in [3.05, 3.63) is 52.4 Å². The monoisotopic (exact) mass is 483 g/mol. The van der Waals surface area contributed by atoms with Crippen LogP contribution in [0.25, 0.3) is 0 Å². The van der Waals surface area contributed by atoms with Gasteiger partial charge in [0.25, 0.3) is 5.91 Å². The first-order valence-electron chi connectivity index (χ1n) is 9.15. The Labute approximate surface area is 178 Å². The topological polar surface area (TPSA) is 99.9 Å². The quantitative estimate of drug-likeness (QED) is 0.700. The van der Waals surface area contributed by atoms with E-state index in [9.17, 15) is 18.0 Å². The van der Waals surface area contributed by atoms with Gasteiger partial charge < -0.3 is 14.6 Å².